The van der Waals surface area contributed by atoms with Crippen molar-refractivity contribution in [1.29, 1.82) is 0 Å². The summed E-state index contributed by atoms with van der Waals surface area (Å²) in [4.78, 5) is 22.9. The van der Waals surface area contributed by atoms with Crippen LogP contribution in [0.2, 0.25) is 0 Å². The molecule has 3 rings (SSSR count). The van der Waals surface area contributed by atoms with Gasteiger partial charge in [-0.15, -0.1) is 0 Å². The van der Waals surface area contributed by atoms with Crippen molar-refractivity contribution >= 4 is 5.91 Å². The summed E-state index contributed by atoms with van der Waals surface area (Å²) in [6.45, 7) is 7.35. The lowest BCUT2D eigenvalue weighted by Gasteiger charge is -2.30. The van der Waals surface area contributed by atoms with Gasteiger partial charge in [0.2, 0.25) is 17.7 Å². The van der Waals surface area contributed by atoms with Crippen LogP contribution in [-0.4, -0.2) is 44.2 Å². The van der Waals surface area contributed by atoms with Crippen LogP contribution in [0.1, 0.15) is 74.8 Å². The molecule has 1 aliphatic rings. The van der Waals surface area contributed by atoms with E-state index in [9.17, 15) is 4.79 Å². The zero-order valence-corrected chi connectivity index (χ0v) is 15.1. The predicted octanol–water partition coefficient (Wildman–Crippen LogP) is 2.61. The number of hydrogen-bond acceptors (Lipinski definition) is 7. The van der Waals surface area contributed by atoms with Crippen molar-refractivity contribution in [3.63, 3.8) is 0 Å². The summed E-state index contributed by atoms with van der Waals surface area (Å²) >= 11 is 0. The van der Waals surface area contributed by atoms with Crippen molar-refractivity contribution in [3.8, 4) is 0 Å². The molecule has 0 radical (unpaired) electrons. The fourth-order valence-corrected chi connectivity index (χ4v) is 3.01. The number of piperidine rings is 1. The number of likely N-dealkylation sites (tertiary alicyclic amines) is 1. The first-order valence-corrected chi connectivity index (χ1v) is 8.93. The van der Waals surface area contributed by atoms with E-state index in [1.165, 1.54) is 0 Å². The number of hydrogen-bond donors (Lipinski definition) is 0. The van der Waals surface area contributed by atoms with E-state index in [2.05, 4.69) is 20.3 Å². The molecule has 25 heavy (non-hydrogen) atoms. The first-order valence-electron chi connectivity index (χ1n) is 8.93. The Bertz CT molecular complexity index is 701. The van der Waals surface area contributed by atoms with E-state index in [1.807, 2.05) is 25.7 Å². The first kappa shape index (κ1) is 17.6. The van der Waals surface area contributed by atoms with Crippen LogP contribution >= 0.6 is 0 Å². The Morgan fingerprint density at radius 1 is 1.20 bits per heavy atom. The Labute approximate surface area is 147 Å². The summed E-state index contributed by atoms with van der Waals surface area (Å²) in [6.07, 6.45) is 3.61. The van der Waals surface area contributed by atoms with Gasteiger partial charge in [-0.2, -0.15) is 9.97 Å². The SMILES string of the molecule is Cc1noc(C2CCN(C(=O)CCCc3nc(C(C)C)no3)CC2)n1. The summed E-state index contributed by atoms with van der Waals surface area (Å²) in [5, 5.41) is 7.78. The van der Waals surface area contributed by atoms with Gasteiger partial charge in [0, 0.05) is 37.8 Å². The predicted molar refractivity (Wildman–Crippen MR) is 88.9 cm³/mol. The Kier molecular flexibility index (Phi) is 5.45. The van der Waals surface area contributed by atoms with Gasteiger partial charge in [-0.25, -0.2) is 0 Å². The van der Waals surface area contributed by atoms with Gasteiger partial charge in [-0.3, -0.25) is 4.79 Å². The van der Waals surface area contributed by atoms with Crippen molar-refractivity contribution in [2.24, 2.45) is 0 Å². The van der Waals surface area contributed by atoms with Crippen LogP contribution in [0.3, 0.4) is 0 Å². The minimum Gasteiger partial charge on any atom is -0.343 e. The van der Waals surface area contributed by atoms with E-state index in [0.29, 0.717) is 30.4 Å². The molecule has 8 nitrogen and oxygen atoms in total. The number of aromatic nitrogens is 4. The second kappa shape index (κ2) is 7.76. The van der Waals surface area contributed by atoms with Crippen LogP contribution in [0.4, 0.5) is 0 Å². The highest BCUT2D eigenvalue weighted by Crippen LogP contribution is 2.27. The van der Waals surface area contributed by atoms with E-state index in [4.69, 9.17) is 9.05 Å². The third-order valence-corrected chi connectivity index (χ3v) is 4.52. The van der Waals surface area contributed by atoms with Gasteiger partial charge in [-0.05, 0) is 26.2 Å². The fraction of sp³-hybridized carbons (Fsp3) is 0.706. The summed E-state index contributed by atoms with van der Waals surface area (Å²) in [6, 6.07) is 0. The van der Waals surface area contributed by atoms with Gasteiger partial charge in [0.05, 0.1) is 0 Å². The lowest BCUT2D eigenvalue weighted by molar-refractivity contribution is -0.132. The molecule has 2 aromatic heterocycles. The molecule has 0 bridgehead atoms. The minimum absolute atomic E-state index is 0.184. The quantitative estimate of drug-likeness (QED) is 0.792. The smallest absolute Gasteiger partial charge is 0.229 e. The molecular formula is C17H25N5O3. The Morgan fingerprint density at radius 2 is 1.96 bits per heavy atom. The molecule has 136 valence electrons. The normalized spacial score (nSPS) is 15.9. The van der Waals surface area contributed by atoms with Crippen molar-refractivity contribution < 1.29 is 13.8 Å². The zero-order valence-electron chi connectivity index (χ0n) is 15.1. The largest absolute Gasteiger partial charge is 0.343 e. The Balaban J connectivity index is 1.40. The summed E-state index contributed by atoms with van der Waals surface area (Å²) in [5.74, 6) is 3.39. The molecular weight excluding hydrogens is 322 g/mol. The summed E-state index contributed by atoms with van der Waals surface area (Å²) in [7, 11) is 0. The third-order valence-electron chi connectivity index (χ3n) is 4.52. The molecule has 0 atom stereocenters. The Morgan fingerprint density at radius 3 is 2.56 bits per heavy atom. The number of rotatable bonds is 6. The van der Waals surface area contributed by atoms with E-state index >= 15 is 0 Å². The topological polar surface area (TPSA) is 98.2 Å². The molecule has 0 spiro atoms. The van der Waals surface area contributed by atoms with Crippen LogP contribution in [0, 0.1) is 6.92 Å². The molecule has 0 aliphatic carbocycles. The van der Waals surface area contributed by atoms with Crippen molar-refractivity contribution in [2.45, 2.75) is 64.7 Å². The van der Waals surface area contributed by atoms with Crippen LogP contribution in [-0.2, 0) is 11.2 Å². The van der Waals surface area contributed by atoms with Gasteiger partial charge in [0.25, 0.3) is 0 Å². The number of carbonyl (C=O) groups excluding carboxylic acids is 1. The second-order valence-electron chi connectivity index (χ2n) is 6.89. The number of aryl methyl sites for hydroxylation is 2. The number of amides is 1. The lowest BCUT2D eigenvalue weighted by Crippen LogP contribution is -2.37. The van der Waals surface area contributed by atoms with Gasteiger partial charge in [0.15, 0.2) is 11.6 Å². The van der Waals surface area contributed by atoms with Crippen molar-refractivity contribution in [1.82, 2.24) is 25.2 Å². The highest BCUT2D eigenvalue weighted by molar-refractivity contribution is 5.76. The minimum atomic E-state index is 0.184. The monoisotopic (exact) mass is 347 g/mol. The highest BCUT2D eigenvalue weighted by atomic mass is 16.5. The zero-order chi connectivity index (χ0) is 17.8. The number of nitrogens with zero attached hydrogens (tertiary/aromatic N) is 5. The molecule has 0 unspecified atom stereocenters. The molecule has 0 saturated carbocycles. The van der Waals surface area contributed by atoms with Gasteiger partial charge < -0.3 is 13.9 Å². The standard InChI is InChI=1S/C17H25N5O3/c1-11(2)16-19-14(24-21-16)5-4-6-15(23)22-9-7-13(8-10-22)17-18-12(3)20-25-17/h11,13H,4-10H2,1-3H3. The second-order valence-corrected chi connectivity index (χ2v) is 6.89. The first-order chi connectivity index (χ1) is 12.0. The van der Waals surface area contributed by atoms with Crippen LogP contribution in [0.15, 0.2) is 9.05 Å². The molecule has 3 heterocycles. The van der Waals surface area contributed by atoms with E-state index in [1.54, 1.807) is 0 Å². The molecule has 1 aliphatic heterocycles. The molecule has 0 N–H and O–H groups in total. The van der Waals surface area contributed by atoms with Gasteiger partial charge in [0.1, 0.15) is 0 Å². The van der Waals surface area contributed by atoms with Crippen molar-refractivity contribution in [2.75, 3.05) is 13.1 Å². The average Bonchev–Trinajstić information content (AvgIpc) is 3.24. The van der Waals surface area contributed by atoms with Gasteiger partial charge >= 0.3 is 0 Å². The average molecular weight is 347 g/mol. The molecule has 8 heteroatoms. The molecule has 1 amide bonds. The Hall–Kier alpha value is -2.25. The van der Waals surface area contributed by atoms with Crippen LogP contribution in [0.25, 0.3) is 0 Å². The summed E-state index contributed by atoms with van der Waals surface area (Å²) < 4.78 is 10.5. The fourth-order valence-electron chi connectivity index (χ4n) is 3.01. The van der Waals surface area contributed by atoms with E-state index in [-0.39, 0.29) is 17.7 Å². The maximum atomic E-state index is 12.4. The van der Waals surface area contributed by atoms with Gasteiger partial charge in [-0.1, -0.05) is 24.2 Å². The summed E-state index contributed by atoms with van der Waals surface area (Å²) in [5.41, 5.74) is 0. The van der Waals surface area contributed by atoms with E-state index < -0.39 is 0 Å². The maximum Gasteiger partial charge on any atom is 0.229 e. The van der Waals surface area contributed by atoms with Crippen LogP contribution < -0.4 is 0 Å². The lowest BCUT2D eigenvalue weighted by atomic mass is 9.96. The molecule has 2 aromatic rings. The van der Waals surface area contributed by atoms with Crippen LogP contribution in [0.5, 0.6) is 0 Å². The molecule has 0 aromatic carbocycles. The highest BCUT2D eigenvalue weighted by Gasteiger charge is 2.27. The molecule has 1 saturated heterocycles. The maximum absolute atomic E-state index is 12.4. The molecule has 1 fully saturated rings. The third kappa shape index (κ3) is 4.43. The van der Waals surface area contributed by atoms with E-state index in [0.717, 1.165) is 38.2 Å². The van der Waals surface area contributed by atoms with Crippen molar-refractivity contribution in [3.05, 3.63) is 23.4 Å². The number of carbonyl (C=O) groups is 1.